The van der Waals surface area contributed by atoms with Gasteiger partial charge in [-0.05, 0) is 31.9 Å². The van der Waals surface area contributed by atoms with Gasteiger partial charge in [-0.25, -0.2) is 9.59 Å². The normalized spacial score (nSPS) is 17.9. The Morgan fingerprint density at radius 2 is 1.56 bits per heavy atom. The molecule has 0 spiro atoms. The molecule has 1 N–H and O–H groups in total. The minimum absolute atomic E-state index is 0.187. The van der Waals surface area contributed by atoms with Gasteiger partial charge in [-0.3, -0.25) is 4.90 Å². The van der Waals surface area contributed by atoms with E-state index in [1.165, 1.54) is 4.90 Å². The monoisotopic (exact) mass is 555 g/mol. The van der Waals surface area contributed by atoms with E-state index in [4.69, 9.17) is 4.74 Å². The van der Waals surface area contributed by atoms with Crippen molar-refractivity contribution >= 4 is 18.2 Å². The number of nitrogens with one attached hydrogen (secondary N) is 1. The van der Waals surface area contributed by atoms with Gasteiger partial charge >= 0.3 is 12.1 Å². The highest BCUT2D eigenvalue weighted by atomic mass is 16.6. The fraction of sp³-hybridized carbons (Fsp3) is 0.344. The maximum absolute atomic E-state index is 13.4. The number of carbonyl (C=O) groups excluding carboxylic acids is 3. The maximum atomic E-state index is 13.4. The number of benzene rings is 3. The highest BCUT2D eigenvalue weighted by Crippen LogP contribution is 2.45. The molecule has 9 nitrogen and oxygen atoms in total. The molecule has 0 bridgehead atoms. The Bertz CT molecular complexity index is 1370. The number of hydrogen-bond donors (Lipinski definition) is 1. The average molecular weight is 556 g/mol. The molecule has 0 aromatic heterocycles. The predicted molar refractivity (Wildman–Crippen MR) is 152 cm³/mol. The summed E-state index contributed by atoms with van der Waals surface area (Å²) >= 11 is 0. The fourth-order valence-electron chi connectivity index (χ4n) is 5.72. The number of ether oxygens (including phenoxy) is 1. The van der Waals surface area contributed by atoms with Gasteiger partial charge in [-0.1, -0.05) is 84.9 Å². The van der Waals surface area contributed by atoms with Crippen molar-refractivity contribution in [2.24, 2.45) is 0 Å². The van der Waals surface area contributed by atoms with Crippen LogP contribution in [0.1, 0.15) is 43.0 Å². The molecule has 2 heterocycles. The zero-order valence-corrected chi connectivity index (χ0v) is 23.6. The number of cyclic esters (lactones) is 1. The van der Waals surface area contributed by atoms with Crippen molar-refractivity contribution in [2.75, 3.05) is 19.6 Å². The molecule has 2 saturated heterocycles. The van der Waals surface area contributed by atoms with Gasteiger partial charge in [0.2, 0.25) is 0 Å². The van der Waals surface area contributed by atoms with Crippen molar-refractivity contribution in [1.82, 2.24) is 20.0 Å². The van der Waals surface area contributed by atoms with E-state index in [0.29, 0.717) is 19.6 Å². The van der Waals surface area contributed by atoms with E-state index in [0.717, 1.165) is 22.3 Å². The molecule has 214 valence electrons. The van der Waals surface area contributed by atoms with E-state index in [-0.39, 0.29) is 25.2 Å². The number of carboxylic acid groups (broad SMARTS) is 1. The van der Waals surface area contributed by atoms with Crippen LogP contribution in [-0.4, -0.2) is 64.1 Å². The smallest absolute Gasteiger partial charge is 0.411 e. The number of fused-ring (bicyclic) bond motifs is 1. The molecule has 41 heavy (non-hydrogen) atoms. The Morgan fingerprint density at radius 1 is 0.951 bits per heavy atom. The summed E-state index contributed by atoms with van der Waals surface area (Å²) in [6.45, 7) is 6.96. The van der Waals surface area contributed by atoms with Crippen molar-refractivity contribution < 1.29 is 24.2 Å². The molecule has 0 saturated carbocycles. The van der Waals surface area contributed by atoms with Crippen LogP contribution in [0.4, 0.5) is 14.4 Å². The lowest BCUT2D eigenvalue weighted by molar-refractivity contribution is -0.271. The zero-order chi connectivity index (χ0) is 29.2. The molecule has 2 aliphatic rings. The van der Waals surface area contributed by atoms with Crippen LogP contribution in [-0.2, 0) is 23.4 Å². The maximum Gasteiger partial charge on any atom is 0.411 e. The lowest BCUT2D eigenvalue weighted by atomic mass is 9.79. The van der Waals surface area contributed by atoms with Crippen LogP contribution in [0.2, 0.25) is 0 Å². The second-order valence-corrected chi connectivity index (χ2v) is 11.5. The number of amides is 4. The summed E-state index contributed by atoms with van der Waals surface area (Å²) in [6.07, 6.45) is -1.62. The van der Waals surface area contributed by atoms with Crippen LogP contribution in [0.25, 0.3) is 0 Å². The Labute approximate surface area is 240 Å². The lowest BCUT2D eigenvalue weighted by Gasteiger charge is -2.42. The fourth-order valence-corrected chi connectivity index (χ4v) is 5.72. The number of hydrogen-bond acceptors (Lipinski definition) is 5. The lowest BCUT2D eigenvalue weighted by Crippen LogP contribution is -2.59. The van der Waals surface area contributed by atoms with Crippen molar-refractivity contribution in [3.05, 3.63) is 107 Å². The van der Waals surface area contributed by atoms with Gasteiger partial charge in [-0.15, -0.1) is 0 Å². The van der Waals surface area contributed by atoms with Gasteiger partial charge in [0, 0.05) is 49.4 Å². The van der Waals surface area contributed by atoms with E-state index in [1.54, 1.807) is 9.80 Å². The number of nitrogens with zero attached hydrogens (tertiary/aromatic N) is 3. The minimum Gasteiger partial charge on any atom is -0.530 e. The summed E-state index contributed by atoms with van der Waals surface area (Å²) in [5.41, 5.74) is 1.71. The topological polar surface area (TPSA) is 105 Å². The quantitative estimate of drug-likeness (QED) is 0.497. The van der Waals surface area contributed by atoms with Crippen LogP contribution < -0.4 is 10.4 Å². The number of rotatable bonds is 6. The Balaban J connectivity index is 1.32. The van der Waals surface area contributed by atoms with Crippen LogP contribution >= 0.6 is 0 Å². The van der Waals surface area contributed by atoms with E-state index in [1.807, 2.05) is 106 Å². The summed E-state index contributed by atoms with van der Waals surface area (Å²) in [5.74, 6) is 0. The largest absolute Gasteiger partial charge is 0.530 e. The van der Waals surface area contributed by atoms with Gasteiger partial charge in [0.15, 0.2) is 5.60 Å². The molecule has 2 aliphatic heterocycles. The summed E-state index contributed by atoms with van der Waals surface area (Å²) in [5, 5.41) is 14.7. The van der Waals surface area contributed by atoms with Gasteiger partial charge in [0.05, 0.1) is 0 Å². The van der Waals surface area contributed by atoms with Crippen LogP contribution in [0.3, 0.4) is 0 Å². The minimum atomic E-state index is -1.23. The third-order valence-electron chi connectivity index (χ3n) is 7.83. The molecule has 9 heteroatoms. The van der Waals surface area contributed by atoms with Gasteiger partial charge < -0.3 is 29.8 Å². The summed E-state index contributed by atoms with van der Waals surface area (Å²) < 4.78 is 6.19. The first kappa shape index (κ1) is 28.0. The molecule has 1 unspecified atom stereocenters. The molecule has 3 aromatic carbocycles. The highest BCUT2D eigenvalue weighted by Gasteiger charge is 2.58. The van der Waals surface area contributed by atoms with Crippen molar-refractivity contribution in [2.45, 2.75) is 51.0 Å². The molecule has 2 fully saturated rings. The van der Waals surface area contributed by atoms with Gasteiger partial charge in [0.1, 0.15) is 12.1 Å². The number of urea groups is 1. The van der Waals surface area contributed by atoms with Crippen LogP contribution in [0.15, 0.2) is 84.9 Å². The molecular weight excluding hydrogens is 520 g/mol. The second kappa shape index (κ2) is 11.2. The van der Waals surface area contributed by atoms with Crippen LogP contribution in [0.5, 0.6) is 0 Å². The molecular formula is C32H35N4O5-. The van der Waals surface area contributed by atoms with Crippen molar-refractivity contribution in [1.29, 1.82) is 0 Å². The summed E-state index contributed by atoms with van der Waals surface area (Å²) in [4.78, 5) is 42.9. The first-order chi connectivity index (χ1) is 19.6. The molecule has 4 amide bonds. The third kappa shape index (κ3) is 5.57. The number of piperazine rings is 1. The standard InChI is InChI=1S/C32H36N4O5/c1-31(2,3)36(29(38)39)21-24-12-10-11-23(19-24)20-33-28(37)34-17-18-35-27(22-34)32(41-30(35)40,25-13-6-4-7-14-25)26-15-8-5-9-16-26/h4-16,19,27H,17-18,20-22H2,1-3H3,(H,33,37)(H,38,39)/p-1. The molecule has 0 radical (unpaired) electrons. The van der Waals surface area contributed by atoms with E-state index in [2.05, 4.69) is 5.32 Å². The van der Waals surface area contributed by atoms with E-state index in [9.17, 15) is 19.5 Å². The first-order valence-electron chi connectivity index (χ1n) is 13.8. The van der Waals surface area contributed by atoms with E-state index < -0.39 is 23.3 Å². The third-order valence-corrected chi connectivity index (χ3v) is 7.83. The highest BCUT2D eigenvalue weighted by molar-refractivity contribution is 5.77. The summed E-state index contributed by atoms with van der Waals surface area (Å²) in [7, 11) is 0. The second-order valence-electron chi connectivity index (χ2n) is 11.5. The predicted octanol–water partition coefficient (Wildman–Crippen LogP) is 3.92. The van der Waals surface area contributed by atoms with Gasteiger partial charge in [0.25, 0.3) is 0 Å². The Kier molecular flexibility index (Phi) is 7.62. The van der Waals surface area contributed by atoms with Gasteiger partial charge in [-0.2, -0.15) is 0 Å². The van der Waals surface area contributed by atoms with Crippen molar-refractivity contribution in [3.8, 4) is 0 Å². The SMILES string of the molecule is CC(C)(C)N(Cc1cccc(CNC(=O)N2CCN3C(=O)OC(c4ccccc4)(c4ccccc4)C3C2)c1)C(=O)[O-]. The Morgan fingerprint density at radius 3 is 2.15 bits per heavy atom. The molecule has 3 aromatic rings. The molecule has 0 aliphatic carbocycles. The Hall–Kier alpha value is -4.53. The number of carbonyl (C=O) groups is 3. The average Bonchev–Trinajstić information content (AvgIpc) is 3.27. The van der Waals surface area contributed by atoms with Crippen molar-refractivity contribution in [3.63, 3.8) is 0 Å². The van der Waals surface area contributed by atoms with E-state index >= 15 is 0 Å². The first-order valence-corrected chi connectivity index (χ1v) is 13.8. The zero-order valence-electron chi connectivity index (χ0n) is 23.6. The summed E-state index contributed by atoms with van der Waals surface area (Å²) in [6, 6.07) is 26.2. The molecule has 1 atom stereocenters. The van der Waals surface area contributed by atoms with Crippen LogP contribution in [0, 0.1) is 0 Å². The molecule has 5 rings (SSSR count).